The first-order chi connectivity index (χ1) is 12.2. The van der Waals surface area contributed by atoms with Crippen molar-refractivity contribution in [3.63, 3.8) is 0 Å². The summed E-state index contributed by atoms with van der Waals surface area (Å²) in [5.74, 6) is 0.818. The Morgan fingerprint density at radius 1 is 1.08 bits per heavy atom. The van der Waals surface area contributed by atoms with Gasteiger partial charge >= 0.3 is 7.60 Å². The smallest absolute Gasteiger partial charge is 0.361 e. The molecule has 0 bridgehead atoms. The van der Waals surface area contributed by atoms with E-state index in [0.29, 0.717) is 25.1 Å². The van der Waals surface area contributed by atoms with Crippen LogP contribution in [0.5, 0.6) is 0 Å². The quantitative estimate of drug-likeness (QED) is 0.593. The second-order valence-electron chi connectivity index (χ2n) is 5.21. The predicted octanol–water partition coefficient (Wildman–Crippen LogP) is 4.19. The number of rotatable bonds is 8. The van der Waals surface area contributed by atoms with Gasteiger partial charge in [-0.25, -0.2) is 9.97 Å². The van der Waals surface area contributed by atoms with Crippen molar-refractivity contribution in [2.24, 2.45) is 0 Å². The van der Waals surface area contributed by atoms with Gasteiger partial charge in [-0.1, -0.05) is 12.1 Å². The summed E-state index contributed by atoms with van der Waals surface area (Å²) in [6.07, 6.45) is 1.56. The first-order valence-electron chi connectivity index (χ1n) is 8.07. The van der Waals surface area contributed by atoms with Gasteiger partial charge in [-0.3, -0.25) is 4.57 Å². The lowest BCUT2D eigenvalue weighted by Crippen LogP contribution is -2.11. The van der Waals surface area contributed by atoms with Crippen molar-refractivity contribution >= 4 is 40.3 Å². The number of fused-ring (bicyclic) bond motifs is 1. The van der Waals surface area contributed by atoms with Gasteiger partial charge in [0, 0.05) is 6.54 Å². The molecule has 8 heteroatoms. The van der Waals surface area contributed by atoms with Crippen molar-refractivity contribution in [1.29, 1.82) is 0 Å². The molecule has 0 fully saturated rings. The zero-order valence-corrected chi connectivity index (χ0v) is 15.8. The summed E-state index contributed by atoms with van der Waals surface area (Å²) < 4.78 is 24.5. The predicted molar refractivity (Wildman–Crippen MR) is 102 cm³/mol. The molecule has 2 aromatic heterocycles. The normalized spacial score (nSPS) is 11.8. The average Bonchev–Trinajstić information content (AvgIpc) is 3.10. The highest BCUT2D eigenvalue weighted by Crippen LogP contribution is 2.46. The Kier molecular flexibility index (Phi) is 5.81. The fourth-order valence-electron chi connectivity index (χ4n) is 2.42. The van der Waals surface area contributed by atoms with E-state index >= 15 is 0 Å². The van der Waals surface area contributed by atoms with Crippen molar-refractivity contribution in [2.45, 2.75) is 20.4 Å². The minimum atomic E-state index is -3.23. The molecule has 0 radical (unpaired) electrons. The molecule has 0 aliphatic carbocycles. The maximum Gasteiger partial charge on any atom is 0.361 e. The van der Waals surface area contributed by atoms with Crippen molar-refractivity contribution in [1.82, 2.24) is 9.97 Å². The van der Waals surface area contributed by atoms with Crippen molar-refractivity contribution in [3.8, 4) is 0 Å². The van der Waals surface area contributed by atoms with Crippen LogP contribution >= 0.6 is 18.9 Å². The van der Waals surface area contributed by atoms with Crippen LogP contribution in [0.2, 0.25) is 0 Å². The van der Waals surface area contributed by atoms with E-state index in [1.165, 1.54) is 0 Å². The van der Waals surface area contributed by atoms with Crippen LogP contribution < -0.4 is 10.6 Å². The number of thiophene rings is 1. The Morgan fingerprint density at radius 2 is 1.80 bits per heavy atom. The van der Waals surface area contributed by atoms with E-state index in [-0.39, 0.29) is 0 Å². The number of nitrogens with one attached hydrogen (secondary N) is 1. The van der Waals surface area contributed by atoms with Crippen molar-refractivity contribution < 1.29 is 13.6 Å². The molecule has 6 nitrogen and oxygen atoms in total. The van der Waals surface area contributed by atoms with E-state index in [1.54, 1.807) is 43.6 Å². The highest BCUT2D eigenvalue weighted by Gasteiger charge is 2.26. The molecule has 3 rings (SSSR count). The van der Waals surface area contributed by atoms with Gasteiger partial charge in [-0.05, 0) is 43.0 Å². The van der Waals surface area contributed by atoms with Gasteiger partial charge in [-0.15, -0.1) is 11.3 Å². The van der Waals surface area contributed by atoms with Crippen LogP contribution in [-0.2, 0) is 20.2 Å². The van der Waals surface area contributed by atoms with E-state index in [4.69, 9.17) is 9.05 Å². The lowest BCUT2D eigenvalue weighted by atomic mass is 10.2. The van der Waals surface area contributed by atoms with E-state index in [9.17, 15) is 4.57 Å². The Morgan fingerprint density at radius 3 is 2.48 bits per heavy atom. The zero-order chi connectivity index (χ0) is 17.7. The average molecular weight is 377 g/mol. The fraction of sp³-hybridized carbons (Fsp3) is 0.294. The largest absolute Gasteiger partial charge is 0.365 e. The third-order valence-electron chi connectivity index (χ3n) is 3.55. The van der Waals surface area contributed by atoms with Gasteiger partial charge in [-0.2, -0.15) is 0 Å². The third kappa shape index (κ3) is 4.07. The van der Waals surface area contributed by atoms with Crippen molar-refractivity contribution in [3.05, 3.63) is 47.6 Å². The second-order valence-corrected chi connectivity index (χ2v) is 8.15. The fourth-order valence-corrected chi connectivity index (χ4v) is 4.80. The zero-order valence-electron chi connectivity index (χ0n) is 14.1. The lowest BCUT2D eigenvalue weighted by Gasteiger charge is -2.17. The summed E-state index contributed by atoms with van der Waals surface area (Å²) in [4.78, 5) is 8.53. The standard InChI is InChI=1S/C17H20N3O3PS/c1-3-22-24(21,23-4-2)14-7-5-13(6-8-14)11-18-17-16-15(9-10-25-16)19-12-20-17/h5-10,12H,3-4,11H2,1-2H3,(H,18,19,20). The number of benzene rings is 1. The van der Waals surface area contributed by atoms with Crippen LogP contribution in [0.4, 0.5) is 5.82 Å². The first kappa shape index (κ1) is 18.0. The van der Waals surface area contributed by atoms with Crippen LogP contribution in [0.25, 0.3) is 10.2 Å². The van der Waals surface area contributed by atoms with E-state index in [1.807, 2.05) is 23.6 Å². The summed E-state index contributed by atoms with van der Waals surface area (Å²) in [6.45, 7) is 4.89. The van der Waals surface area contributed by atoms with E-state index < -0.39 is 7.60 Å². The molecule has 0 atom stereocenters. The summed E-state index contributed by atoms with van der Waals surface area (Å²) in [5, 5.41) is 5.90. The van der Waals surface area contributed by atoms with Crippen molar-refractivity contribution in [2.75, 3.05) is 18.5 Å². The molecule has 25 heavy (non-hydrogen) atoms. The highest BCUT2D eigenvalue weighted by molar-refractivity contribution is 7.62. The van der Waals surface area contributed by atoms with Gasteiger partial charge in [0.25, 0.3) is 0 Å². The minimum Gasteiger partial charge on any atom is -0.365 e. The van der Waals surface area contributed by atoms with Crippen LogP contribution in [0, 0.1) is 0 Å². The molecule has 132 valence electrons. The summed E-state index contributed by atoms with van der Waals surface area (Å²) in [5.41, 5.74) is 1.99. The molecule has 0 aliphatic rings. The van der Waals surface area contributed by atoms with Crippen LogP contribution in [0.15, 0.2) is 42.0 Å². The molecule has 0 saturated heterocycles. The SMILES string of the molecule is CCOP(=O)(OCC)c1ccc(CNc2ncnc3ccsc23)cc1. The third-order valence-corrected chi connectivity index (χ3v) is 6.59. The molecule has 0 amide bonds. The summed E-state index contributed by atoms with van der Waals surface area (Å²) in [7, 11) is -3.23. The monoisotopic (exact) mass is 377 g/mol. The Balaban J connectivity index is 1.72. The number of anilines is 1. The topological polar surface area (TPSA) is 73.3 Å². The second kappa shape index (κ2) is 8.06. The molecule has 1 aromatic carbocycles. The number of hydrogen-bond acceptors (Lipinski definition) is 7. The van der Waals surface area contributed by atoms with Gasteiger partial charge < -0.3 is 14.4 Å². The summed E-state index contributed by atoms with van der Waals surface area (Å²) in [6, 6.07) is 9.40. The van der Waals surface area contributed by atoms with Gasteiger partial charge in [0.1, 0.15) is 12.1 Å². The lowest BCUT2D eigenvalue weighted by molar-refractivity contribution is 0.230. The van der Waals surface area contributed by atoms with E-state index in [0.717, 1.165) is 21.6 Å². The number of nitrogens with zero attached hydrogens (tertiary/aromatic N) is 2. The van der Waals surface area contributed by atoms with Crippen LogP contribution in [-0.4, -0.2) is 23.2 Å². The van der Waals surface area contributed by atoms with Gasteiger partial charge in [0.15, 0.2) is 0 Å². The molecule has 3 aromatic rings. The maximum atomic E-state index is 12.7. The van der Waals surface area contributed by atoms with Gasteiger partial charge in [0.2, 0.25) is 0 Å². The maximum absolute atomic E-state index is 12.7. The Hall–Kier alpha value is -1.79. The highest BCUT2D eigenvalue weighted by atomic mass is 32.1. The summed E-state index contributed by atoms with van der Waals surface area (Å²) >= 11 is 1.61. The molecular formula is C17H20N3O3PS. The van der Waals surface area contributed by atoms with Crippen LogP contribution in [0.1, 0.15) is 19.4 Å². The molecule has 2 heterocycles. The van der Waals surface area contributed by atoms with E-state index in [2.05, 4.69) is 15.3 Å². The number of hydrogen-bond donors (Lipinski definition) is 1. The minimum absolute atomic E-state index is 0.338. The first-order valence-corrected chi connectivity index (χ1v) is 10.5. The Labute approximate surface area is 150 Å². The number of aromatic nitrogens is 2. The molecule has 0 unspecified atom stereocenters. The van der Waals surface area contributed by atoms with Gasteiger partial charge in [0.05, 0.1) is 28.7 Å². The Bertz CT molecular complexity index is 872. The molecular weight excluding hydrogens is 357 g/mol. The molecule has 0 aliphatic heterocycles. The molecule has 1 N–H and O–H groups in total. The molecule has 0 spiro atoms. The van der Waals surface area contributed by atoms with Crippen LogP contribution in [0.3, 0.4) is 0 Å². The molecule has 0 saturated carbocycles.